The average Bonchev–Trinajstić information content (AvgIpc) is 2.36. The molecule has 0 aliphatic carbocycles. The maximum Gasteiger partial charge on any atom is 0.248 e. The normalized spacial score (nSPS) is 18.8. The fourth-order valence-corrected chi connectivity index (χ4v) is 2.10. The summed E-state index contributed by atoms with van der Waals surface area (Å²) in [5.41, 5.74) is 0. The standard InChI is InChI=1S/C12H21N3O2/c1-3-4-11(9-13)14-5-7-15(8-6-14)12(16)10-17-2/h11H,3-8,10H2,1-2H3. The number of nitrogens with zero attached hydrogens (tertiary/aromatic N) is 3. The summed E-state index contributed by atoms with van der Waals surface area (Å²) in [5, 5.41) is 9.08. The minimum atomic E-state index is -0.000299. The lowest BCUT2D eigenvalue weighted by atomic mass is 10.1. The van der Waals surface area contributed by atoms with Crippen LogP contribution in [-0.4, -0.2) is 61.6 Å². The minimum Gasteiger partial charge on any atom is -0.375 e. The van der Waals surface area contributed by atoms with Gasteiger partial charge in [0, 0.05) is 33.3 Å². The molecule has 1 rings (SSSR count). The van der Waals surface area contributed by atoms with Gasteiger partial charge in [-0.05, 0) is 6.42 Å². The lowest BCUT2D eigenvalue weighted by molar-refractivity contribution is -0.137. The number of carbonyl (C=O) groups is 1. The molecule has 1 amide bonds. The molecule has 5 heteroatoms. The number of hydrogen-bond donors (Lipinski definition) is 0. The molecule has 0 radical (unpaired) electrons. The number of hydrogen-bond acceptors (Lipinski definition) is 4. The molecule has 0 saturated carbocycles. The summed E-state index contributed by atoms with van der Waals surface area (Å²) in [7, 11) is 1.53. The zero-order valence-corrected chi connectivity index (χ0v) is 10.7. The van der Waals surface area contributed by atoms with Crippen molar-refractivity contribution >= 4 is 5.91 Å². The van der Waals surface area contributed by atoms with Crippen LogP contribution in [0, 0.1) is 11.3 Å². The van der Waals surface area contributed by atoms with E-state index in [1.165, 1.54) is 7.11 Å². The smallest absolute Gasteiger partial charge is 0.248 e. The van der Waals surface area contributed by atoms with Crippen molar-refractivity contribution in [2.75, 3.05) is 39.9 Å². The second kappa shape index (κ2) is 7.25. The highest BCUT2D eigenvalue weighted by molar-refractivity contribution is 5.77. The van der Waals surface area contributed by atoms with E-state index in [0.29, 0.717) is 13.1 Å². The highest BCUT2D eigenvalue weighted by Crippen LogP contribution is 2.10. The SMILES string of the molecule is CCCC(C#N)N1CCN(C(=O)COC)CC1. The molecule has 0 N–H and O–H groups in total. The van der Waals surface area contributed by atoms with Crippen LogP contribution >= 0.6 is 0 Å². The fraction of sp³-hybridized carbons (Fsp3) is 0.833. The van der Waals surface area contributed by atoms with Crippen molar-refractivity contribution in [3.05, 3.63) is 0 Å². The largest absolute Gasteiger partial charge is 0.375 e. The Morgan fingerprint density at radius 2 is 2.06 bits per heavy atom. The molecule has 96 valence electrons. The molecule has 5 nitrogen and oxygen atoms in total. The Morgan fingerprint density at radius 1 is 1.41 bits per heavy atom. The Bertz CT molecular complexity index is 280. The predicted molar refractivity (Wildman–Crippen MR) is 64.3 cm³/mol. The first-order valence-electron chi connectivity index (χ1n) is 6.13. The van der Waals surface area contributed by atoms with Gasteiger partial charge in [0.25, 0.3) is 0 Å². The highest BCUT2D eigenvalue weighted by Gasteiger charge is 2.25. The van der Waals surface area contributed by atoms with Gasteiger partial charge in [0.15, 0.2) is 0 Å². The first kappa shape index (κ1) is 13.9. The van der Waals surface area contributed by atoms with Crippen LogP contribution < -0.4 is 0 Å². The summed E-state index contributed by atoms with van der Waals surface area (Å²) < 4.78 is 4.83. The predicted octanol–water partition coefficient (Wildman–Crippen LogP) is 0.469. The molecule has 1 atom stereocenters. The van der Waals surface area contributed by atoms with E-state index in [1.54, 1.807) is 4.90 Å². The molecule has 0 aromatic heterocycles. The molecule has 1 unspecified atom stereocenters. The molecule has 1 aliphatic rings. The van der Waals surface area contributed by atoms with Crippen LogP contribution in [0.25, 0.3) is 0 Å². The van der Waals surface area contributed by atoms with E-state index in [9.17, 15) is 4.79 Å². The summed E-state index contributed by atoms with van der Waals surface area (Å²) in [6.07, 6.45) is 1.92. The summed E-state index contributed by atoms with van der Waals surface area (Å²) in [6, 6.07) is 2.34. The number of piperazine rings is 1. The topological polar surface area (TPSA) is 56.6 Å². The molecule has 0 spiro atoms. The molecule has 1 aliphatic heterocycles. The third kappa shape index (κ3) is 3.99. The zero-order valence-electron chi connectivity index (χ0n) is 10.7. The monoisotopic (exact) mass is 239 g/mol. The number of rotatable bonds is 5. The van der Waals surface area contributed by atoms with Gasteiger partial charge in [0.2, 0.25) is 5.91 Å². The minimum absolute atomic E-state index is 0.000299. The average molecular weight is 239 g/mol. The molecule has 0 aromatic rings. The van der Waals surface area contributed by atoms with E-state index in [2.05, 4.69) is 17.9 Å². The summed E-state index contributed by atoms with van der Waals surface area (Å²) in [4.78, 5) is 15.6. The maximum absolute atomic E-state index is 11.6. The molecule has 1 heterocycles. The first-order valence-corrected chi connectivity index (χ1v) is 6.13. The number of ether oxygens (including phenoxy) is 1. The van der Waals surface area contributed by atoms with Crippen LogP contribution in [0.2, 0.25) is 0 Å². The van der Waals surface area contributed by atoms with E-state index in [0.717, 1.165) is 25.9 Å². The van der Waals surface area contributed by atoms with Gasteiger partial charge >= 0.3 is 0 Å². The Hall–Kier alpha value is -1.12. The van der Waals surface area contributed by atoms with Gasteiger partial charge < -0.3 is 9.64 Å². The summed E-state index contributed by atoms with van der Waals surface area (Å²) in [5.74, 6) is 0.0381. The second-order valence-corrected chi connectivity index (χ2v) is 4.28. The van der Waals surface area contributed by atoms with E-state index < -0.39 is 0 Å². The van der Waals surface area contributed by atoms with E-state index in [-0.39, 0.29) is 18.6 Å². The molecular formula is C12H21N3O2. The number of amides is 1. The summed E-state index contributed by atoms with van der Waals surface area (Å²) >= 11 is 0. The van der Waals surface area contributed by atoms with Gasteiger partial charge in [-0.2, -0.15) is 5.26 Å². The van der Waals surface area contributed by atoms with Crippen molar-refractivity contribution in [2.45, 2.75) is 25.8 Å². The lowest BCUT2D eigenvalue weighted by Gasteiger charge is -2.36. The van der Waals surface area contributed by atoms with Crippen LogP contribution in [0.1, 0.15) is 19.8 Å². The van der Waals surface area contributed by atoms with Crippen molar-refractivity contribution in [1.29, 1.82) is 5.26 Å². The van der Waals surface area contributed by atoms with Crippen molar-refractivity contribution in [1.82, 2.24) is 9.80 Å². The zero-order chi connectivity index (χ0) is 12.7. The molecular weight excluding hydrogens is 218 g/mol. The molecule has 0 bridgehead atoms. The van der Waals surface area contributed by atoms with E-state index >= 15 is 0 Å². The van der Waals surface area contributed by atoms with Crippen molar-refractivity contribution < 1.29 is 9.53 Å². The third-order valence-electron chi connectivity index (χ3n) is 3.09. The van der Waals surface area contributed by atoms with Gasteiger partial charge in [-0.15, -0.1) is 0 Å². The Labute approximate surface area is 103 Å². The number of methoxy groups -OCH3 is 1. The Morgan fingerprint density at radius 3 is 2.53 bits per heavy atom. The quantitative estimate of drug-likeness (QED) is 0.700. The van der Waals surface area contributed by atoms with Gasteiger partial charge in [0.1, 0.15) is 6.61 Å². The van der Waals surface area contributed by atoms with E-state index in [4.69, 9.17) is 10.00 Å². The van der Waals surface area contributed by atoms with E-state index in [1.807, 2.05) is 0 Å². The molecule has 17 heavy (non-hydrogen) atoms. The first-order chi connectivity index (χ1) is 8.22. The van der Waals surface area contributed by atoms with Crippen molar-refractivity contribution in [2.24, 2.45) is 0 Å². The van der Waals surface area contributed by atoms with Gasteiger partial charge in [-0.25, -0.2) is 0 Å². The van der Waals surface area contributed by atoms with Crippen molar-refractivity contribution in [3.8, 4) is 6.07 Å². The van der Waals surface area contributed by atoms with Crippen LogP contribution in [-0.2, 0) is 9.53 Å². The van der Waals surface area contributed by atoms with Gasteiger partial charge in [0.05, 0.1) is 12.1 Å². The number of nitriles is 1. The fourth-order valence-electron chi connectivity index (χ4n) is 2.10. The number of carbonyl (C=O) groups excluding carboxylic acids is 1. The van der Waals surface area contributed by atoms with Crippen LogP contribution in [0.4, 0.5) is 0 Å². The van der Waals surface area contributed by atoms with Gasteiger partial charge in [-0.1, -0.05) is 13.3 Å². The highest BCUT2D eigenvalue weighted by atomic mass is 16.5. The van der Waals surface area contributed by atoms with Crippen molar-refractivity contribution in [3.63, 3.8) is 0 Å². The third-order valence-corrected chi connectivity index (χ3v) is 3.09. The second-order valence-electron chi connectivity index (χ2n) is 4.28. The lowest BCUT2D eigenvalue weighted by Crippen LogP contribution is -2.52. The Balaban J connectivity index is 2.39. The van der Waals surface area contributed by atoms with Crippen LogP contribution in [0.15, 0.2) is 0 Å². The molecule has 1 saturated heterocycles. The van der Waals surface area contributed by atoms with Crippen LogP contribution in [0.5, 0.6) is 0 Å². The maximum atomic E-state index is 11.6. The molecule has 0 aromatic carbocycles. The summed E-state index contributed by atoms with van der Waals surface area (Å²) in [6.45, 7) is 5.20. The van der Waals surface area contributed by atoms with Crippen LogP contribution in [0.3, 0.4) is 0 Å². The molecule has 1 fully saturated rings. The Kier molecular flexibility index (Phi) is 5.95. The van der Waals surface area contributed by atoms with Gasteiger partial charge in [-0.3, -0.25) is 9.69 Å².